The van der Waals surface area contributed by atoms with Crippen LogP contribution in [0.5, 0.6) is 5.75 Å². The minimum absolute atomic E-state index is 0.206. The maximum atomic E-state index is 12.3. The summed E-state index contributed by atoms with van der Waals surface area (Å²) < 4.78 is 5.82. The van der Waals surface area contributed by atoms with E-state index in [1.165, 1.54) is 0 Å². The number of halogens is 1. The normalized spacial score (nSPS) is 11.9. The van der Waals surface area contributed by atoms with Gasteiger partial charge in [-0.15, -0.1) is 0 Å². The van der Waals surface area contributed by atoms with Crippen LogP contribution in [0.15, 0.2) is 36.4 Å². The van der Waals surface area contributed by atoms with E-state index in [1.807, 2.05) is 51.1 Å². The number of carbonyl (C=O) groups is 1. The molecule has 0 saturated carbocycles. The van der Waals surface area contributed by atoms with Crippen LogP contribution in [0.25, 0.3) is 0 Å². The molecule has 2 aromatic carbocycles. The highest BCUT2D eigenvalue weighted by molar-refractivity contribution is 6.31. The van der Waals surface area contributed by atoms with Crippen molar-refractivity contribution in [2.45, 2.75) is 33.8 Å². The van der Waals surface area contributed by atoms with Crippen molar-refractivity contribution in [2.75, 3.05) is 5.32 Å². The molecule has 0 aliphatic carbocycles. The number of rotatable bonds is 4. The monoisotopic (exact) mass is 317 g/mol. The standard InChI is InChI=1S/C18H20ClNO2/c1-11-8-9-15(10-16(11)19)20-18(21)14(4)22-17-12(2)6-5-7-13(17)3/h5-10,14H,1-4H3,(H,20,21). The molecule has 0 aromatic heterocycles. The zero-order valence-corrected chi connectivity index (χ0v) is 14.0. The SMILES string of the molecule is Cc1ccc(NC(=O)C(C)Oc2c(C)cccc2C)cc1Cl. The molecule has 1 atom stereocenters. The van der Waals surface area contributed by atoms with Crippen molar-refractivity contribution in [1.82, 2.24) is 0 Å². The van der Waals surface area contributed by atoms with E-state index in [9.17, 15) is 4.79 Å². The van der Waals surface area contributed by atoms with Gasteiger partial charge < -0.3 is 10.1 Å². The minimum atomic E-state index is -0.597. The maximum absolute atomic E-state index is 12.3. The van der Waals surface area contributed by atoms with Crippen LogP contribution in [0.3, 0.4) is 0 Å². The topological polar surface area (TPSA) is 38.3 Å². The zero-order valence-electron chi connectivity index (χ0n) is 13.2. The Bertz CT molecular complexity index is 677. The highest BCUT2D eigenvalue weighted by atomic mass is 35.5. The molecule has 0 spiro atoms. The fourth-order valence-corrected chi connectivity index (χ4v) is 2.31. The number of nitrogens with one attached hydrogen (secondary N) is 1. The average Bonchev–Trinajstić information content (AvgIpc) is 2.46. The first-order valence-electron chi connectivity index (χ1n) is 7.18. The molecule has 1 amide bonds. The maximum Gasteiger partial charge on any atom is 0.265 e. The summed E-state index contributed by atoms with van der Waals surface area (Å²) in [6.07, 6.45) is -0.597. The first-order valence-corrected chi connectivity index (χ1v) is 7.56. The minimum Gasteiger partial charge on any atom is -0.480 e. The van der Waals surface area contributed by atoms with Gasteiger partial charge in [0.2, 0.25) is 0 Å². The van der Waals surface area contributed by atoms with Crippen LogP contribution in [0, 0.1) is 20.8 Å². The number of amides is 1. The molecule has 1 N–H and O–H groups in total. The number of hydrogen-bond acceptors (Lipinski definition) is 2. The number of anilines is 1. The van der Waals surface area contributed by atoms with Gasteiger partial charge in [-0.3, -0.25) is 4.79 Å². The molecule has 0 aliphatic heterocycles. The molecule has 3 nitrogen and oxygen atoms in total. The van der Waals surface area contributed by atoms with E-state index in [0.717, 1.165) is 22.4 Å². The van der Waals surface area contributed by atoms with E-state index in [0.29, 0.717) is 10.7 Å². The Hall–Kier alpha value is -2.00. The van der Waals surface area contributed by atoms with Crippen molar-refractivity contribution in [2.24, 2.45) is 0 Å². The van der Waals surface area contributed by atoms with Crippen molar-refractivity contribution in [3.8, 4) is 5.75 Å². The van der Waals surface area contributed by atoms with Crippen molar-refractivity contribution in [3.05, 3.63) is 58.1 Å². The molecule has 116 valence electrons. The second-order valence-electron chi connectivity index (χ2n) is 5.43. The summed E-state index contributed by atoms with van der Waals surface area (Å²) >= 11 is 6.07. The lowest BCUT2D eigenvalue weighted by molar-refractivity contribution is -0.122. The van der Waals surface area contributed by atoms with Crippen molar-refractivity contribution in [1.29, 1.82) is 0 Å². The van der Waals surface area contributed by atoms with Gasteiger partial charge in [0.15, 0.2) is 6.10 Å². The molecule has 0 aliphatic rings. The molecular weight excluding hydrogens is 298 g/mol. The number of benzene rings is 2. The van der Waals surface area contributed by atoms with E-state index >= 15 is 0 Å². The Morgan fingerprint density at radius 3 is 2.32 bits per heavy atom. The average molecular weight is 318 g/mol. The smallest absolute Gasteiger partial charge is 0.265 e. The summed E-state index contributed by atoms with van der Waals surface area (Å²) in [5.41, 5.74) is 3.66. The summed E-state index contributed by atoms with van der Waals surface area (Å²) in [5.74, 6) is 0.551. The largest absolute Gasteiger partial charge is 0.480 e. The quantitative estimate of drug-likeness (QED) is 0.889. The number of ether oxygens (including phenoxy) is 1. The molecule has 0 heterocycles. The van der Waals surface area contributed by atoms with Crippen molar-refractivity contribution in [3.63, 3.8) is 0 Å². The summed E-state index contributed by atoms with van der Waals surface area (Å²) in [4.78, 5) is 12.3. The van der Waals surface area contributed by atoms with Gasteiger partial charge >= 0.3 is 0 Å². The predicted molar refractivity (Wildman–Crippen MR) is 90.8 cm³/mol. The summed E-state index contributed by atoms with van der Waals surface area (Å²) in [6, 6.07) is 11.3. The number of carbonyl (C=O) groups excluding carboxylic acids is 1. The van der Waals surface area contributed by atoms with Gasteiger partial charge in [-0.25, -0.2) is 0 Å². The van der Waals surface area contributed by atoms with Gasteiger partial charge in [0.25, 0.3) is 5.91 Å². The van der Waals surface area contributed by atoms with Crippen LogP contribution in [0.1, 0.15) is 23.6 Å². The van der Waals surface area contributed by atoms with Gasteiger partial charge in [0.1, 0.15) is 5.75 Å². The van der Waals surface area contributed by atoms with E-state index in [1.54, 1.807) is 13.0 Å². The summed E-state index contributed by atoms with van der Waals surface area (Å²) in [7, 11) is 0. The van der Waals surface area contributed by atoms with Crippen LogP contribution in [0.4, 0.5) is 5.69 Å². The first-order chi connectivity index (χ1) is 10.4. The van der Waals surface area contributed by atoms with Crippen LogP contribution in [-0.4, -0.2) is 12.0 Å². The Labute approximate surface area is 136 Å². The molecule has 4 heteroatoms. The van der Waals surface area contributed by atoms with Gasteiger partial charge in [-0.1, -0.05) is 35.9 Å². The second-order valence-corrected chi connectivity index (χ2v) is 5.84. The van der Waals surface area contributed by atoms with E-state index in [4.69, 9.17) is 16.3 Å². The number of para-hydroxylation sites is 1. The molecule has 0 bridgehead atoms. The predicted octanol–water partition coefficient (Wildman–Crippen LogP) is 4.67. The third kappa shape index (κ3) is 3.80. The Kier molecular flexibility index (Phi) is 5.09. The summed E-state index contributed by atoms with van der Waals surface area (Å²) in [5, 5.41) is 3.45. The van der Waals surface area contributed by atoms with Gasteiger partial charge in [-0.05, 0) is 56.5 Å². The van der Waals surface area contributed by atoms with E-state index < -0.39 is 6.10 Å². The Morgan fingerprint density at radius 2 is 1.73 bits per heavy atom. The van der Waals surface area contributed by atoms with Gasteiger partial charge in [-0.2, -0.15) is 0 Å². The van der Waals surface area contributed by atoms with Crippen molar-refractivity contribution < 1.29 is 9.53 Å². The fraction of sp³-hybridized carbons (Fsp3) is 0.278. The summed E-state index contributed by atoms with van der Waals surface area (Å²) in [6.45, 7) is 7.58. The third-order valence-electron chi connectivity index (χ3n) is 3.51. The van der Waals surface area contributed by atoms with E-state index in [-0.39, 0.29) is 5.91 Å². The molecule has 2 aromatic rings. The molecule has 0 saturated heterocycles. The van der Waals surface area contributed by atoms with Crippen molar-refractivity contribution >= 4 is 23.2 Å². The lowest BCUT2D eigenvalue weighted by Gasteiger charge is -2.18. The molecule has 1 unspecified atom stereocenters. The lowest BCUT2D eigenvalue weighted by atomic mass is 10.1. The molecular formula is C18H20ClNO2. The zero-order chi connectivity index (χ0) is 16.3. The van der Waals surface area contributed by atoms with Gasteiger partial charge in [0, 0.05) is 10.7 Å². The highest BCUT2D eigenvalue weighted by Gasteiger charge is 2.17. The molecule has 2 rings (SSSR count). The highest BCUT2D eigenvalue weighted by Crippen LogP contribution is 2.24. The number of aryl methyl sites for hydroxylation is 3. The number of hydrogen-bond donors (Lipinski definition) is 1. The Balaban J connectivity index is 2.07. The van der Waals surface area contributed by atoms with Crippen LogP contribution >= 0.6 is 11.6 Å². The van der Waals surface area contributed by atoms with Crippen LogP contribution in [-0.2, 0) is 4.79 Å². The van der Waals surface area contributed by atoms with Crippen LogP contribution < -0.4 is 10.1 Å². The van der Waals surface area contributed by atoms with E-state index in [2.05, 4.69) is 5.32 Å². The third-order valence-corrected chi connectivity index (χ3v) is 3.92. The first kappa shape index (κ1) is 16.4. The Morgan fingerprint density at radius 1 is 1.09 bits per heavy atom. The lowest BCUT2D eigenvalue weighted by Crippen LogP contribution is -2.30. The second kappa shape index (κ2) is 6.84. The van der Waals surface area contributed by atoms with Crippen LogP contribution in [0.2, 0.25) is 5.02 Å². The van der Waals surface area contributed by atoms with Gasteiger partial charge in [0.05, 0.1) is 0 Å². The molecule has 22 heavy (non-hydrogen) atoms. The molecule has 0 radical (unpaired) electrons. The molecule has 0 fully saturated rings. The fourth-order valence-electron chi connectivity index (χ4n) is 2.13.